The van der Waals surface area contributed by atoms with Crippen LogP contribution in [0.3, 0.4) is 0 Å². The van der Waals surface area contributed by atoms with Crippen LogP contribution in [-0.2, 0) is 19.1 Å². The Morgan fingerprint density at radius 3 is 2.31 bits per heavy atom. The van der Waals surface area contributed by atoms with Gasteiger partial charge in [-0.15, -0.1) is 0 Å². The molecular formula is C19H20F4N2O. The first-order chi connectivity index (χ1) is 12.2. The third-order valence-electron chi connectivity index (χ3n) is 4.07. The first-order valence-corrected chi connectivity index (χ1v) is 8.06. The summed E-state index contributed by atoms with van der Waals surface area (Å²) in [5.41, 5.74) is 1.89. The molecule has 0 spiro atoms. The molecule has 3 nitrogen and oxygen atoms in total. The second-order valence-electron chi connectivity index (χ2n) is 6.06. The van der Waals surface area contributed by atoms with Crippen molar-refractivity contribution in [1.29, 1.82) is 0 Å². The number of amides is 1. The average Bonchev–Trinajstić information content (AvgIpc) is 2.61. The number of likely N-dealkylation sites (N-methyl/N-ethyl adjacent to an activating group) is 1. The smallest absolute Gasteiger partial charge is 0.355 e. The van der Waals surface area contributed by atoms with Crippen LogP contribution in [0.2, 0.25) is 0 Å². The Bertz CT molecular complexity index is 757. The SMILES string of the molecule is CN1CCc2cc(F)ccc2C1.CNC(=O)c1ccc(C(F)(F)F)cc1. The predicted molar refractivity (Wildman–Crippen MR) is 91.3 cm³/mol. The number of nitrogens with one attached hydrogen (secondary N) is 1. The molecule has 3 rings (SSSR count). The zero-order chi connectivity index (χ0) is 19.3. The summed E-state index contributed by atoms with van der Waals surface area (Å²) < 4.78 is 49.1. The first-order valence-electron chi connectivity index (χ1n) is 8.06. The van der Waals surface area contributed by atoms with Crippen LogP contribution in [-0.4, -0.2) is 31.4 Å². The van der Waals surface area contributed by atoms with E-state index in [4.69, 9.17) is 0 Å². The summed E-state index contributed by atoms with van der Waals surface area (Å²) >= 11 is 0. The zero-order valence-corrected chi connectivity index (χ0v) is 14.5. The standard InChI is InChI=1S/C10H12FN.C9H8F3NO/c1-12-5-4-8-6-10(11)3-2-9(8)7-12;1-13-8(14)6-2-4-7(5-3-6)9(10,11)12/h2-3,6H,4-5,7H2,1H3;2-5H,1H3,(H,13,14). The minimum atomic E-state index is -4.36. The molecular weight excluding hydrogens is 348 g/mol. The summed E-state index contributed by atoms with van der Waals surface area (Å²) in [6.07, 6.45) is -3.38. The normalized spacial score (nSPS) is 14.1. The van der Waals surface area contributed by atoms with Gasteiger partial charge in [-0.2, -0.15) is 13.2 Å². The Labute approximate surface area is 149 Å². The Morgan fingerprint density at radius 2 is 1.73 bits per heavy atom. The number of hydrogen-bond donors (Lipinski definition) is 1. The van der Waals surface area contributed by atoms with E-state index < -0.39 is 17.6 Å². The van der Waals surface area contributed by atoms with Gasteiger partial charge in [-0.05, 0) is 61.0 Å². The van der Waals surface area contributed by atoms with Crippen molar-refractivity contribution in [3.05, 3.63) is 70.5 Å². The van der Waals surface area contributed by atoms with E-state index in [2.05, 4.69) is 17.3 Å². The quantitative estimate of drug-likeness (QED) is 0.775. The number of nitrogens with zero attached hydrogens (tertiary/aromatic N) is 1. The van der Waals surface area contributed by atoms with E-state index in [0.717, 1.165) is 43.8 Å². The maximum atomic E-state index is 12.8. The summed E-state index contributed by atoms with van der Waals surface area (Å²) in [5.74, 6) is -0.517. The number of carbonyl (C=O) groups excluding carboxylic acids is 1. The number of fused-ring (bicyclic) bond motifs is 1. The first kappa shape index (κ1) is 19.9. The van der Waals surface area contributed by atoms with E-state index in [1.54, 1.807) is 6.07 Å². The molecule has 2 aromatic rings. The minimum absolute atomic E-state index is 0.113. The highest BCUT2D eigenvalue weighted by molar-refractivity contribution is 5.93. The van der Waals surface area contributed by atoms with Gasteiger partial charge in [0.1, 0.15) is 5.82 Å². The van der Waals surface area contributed by atoms with E-state index >= 15 is 0 Å². The summed E-state index contributed by atoms with van der Waals surface area (Å²) in [7, 11) is 3.51. The van der Waals surface area contributed by atoms with Gasteiger partial charge in [0.2, 0.25) is 0 Å². The summed E-state index contributed by atoms with van der Waals surface area (Å²) in [6, 6.07) is 9.12. The largest absolute Gasteiger partial charge is 0.416 e. The van der Waals surface area contributed by atoms with Crippen LogP contribution in [0.25, 0.3) is 0 Å². The fourth-order valence-corrected chi connectivity index (χ4v) is 2.62. The van der Waals surface area contributed by atoms with Crippen LogP contribution in [0.4, 0.5) is 17.6 Å². The van der Waals surface area contributed by atoms with Gasteiger partial charge in [-0.3, -0.25) is 4.79 Å². The van der Waals surface area contributed by atoms with Crippen molar-refractivity contribution >= 4 is 5.91 Å². The summed E-state index contributed by atoms with van der Waals surface area (Å²) in [4.78, 5) is 13.2. The van der Waals surface area contributed by atoms with Crippen LogP contribution < -0.4 is 5.32 Å². The molecule has 0 aliphatic carbocycles. The number of halogens is 4. The molecule has 7 heteroatoms. The van der Waals surface area contributed by atoms with E-state index in [9.17, 15) is 22.4 Å². The van der Waals surface area contributed by atoms with Crippen molar-refractivity contribution in [3.8, 4) is 0 Å². The Balaban J connectivity index is 0.000000189. The highest BCUT2D eigenvalue weighted by Crippen LogP contribution is 2.29. The van der Waals surface area contributed by atoms with Gasteiger partial charge in [0, 0.05) is 25.7 Å². The summed E-state index contributed by atoms with van der Waals surface area (Å²) in [5, 5.41) is 2.32. The fourth-order valence-electron chi connectivity index (χ4n) is 2.62. The topological polar surface area (TPSA) is 32.3 Å². The van der Waals surface area contributed by atoms with E-state index in [1.807, 2.05) is 6.07 Å². The maximum absolute atomic E-state index is 12.8. The van der Waals surface area contributed by atoms with Crippen LogP contribution in [0.5, 0.6) is 0 Å². The molecule has 0 bridgehead atoms. The summed E-state index contributed by atoms with van der Waals surface area (Å²) in [6.45, 7) is 1.99. The Kier molecular flexibility index (Phi) is 6.37. The lowest BCUT2D eigenvalue weighted by molar-refractivity contribution is -0.137. The molecule has 0 fully saturated rings. The monoisotopic (exact) mass is 368 g/mol. The van der Waals surface area contributed by atoms with Gasteiger partial charge in [0.05, 0.1) is 5.56 Å². The number of alkyl halides is 3. The Morgan fingerprint density at radius 1 is 1.08 bits per heavy atom. The lowest BCUT2D eigenvalue weighted by atomic mass is 10.0. The molecule has 0 saturated heterocycles. The van der Waals surface area contributed by atoms with Gasteiger partial charge in [0.15, 0.2) is 0 Å². The molecule has 1 N–H and O–H groups in total. The zero-order valence-electron chi connectivity index (χ0n) is 14.5. The van der Waals surface area contributed by atoms with E-state index in [0.29, 0.717) is 0 Å². The van der Waals surface area contributed by atoms with Crippen LogP contribution in [0.15, 0.2) is 42.5 Å². The highest BCUT2D eigenvalue weighted by Gasteiger charge is 2.30. The fraction of sp³-hybridized carbons (Fsp3) is 0.316. The van der Waals surface area contributed by atoms with Crippen molar-refractivity contribution in [1.82, 2.24) is 10.2 Å². The maximum Gasteiger partial charge on any atom is 0.416 e. The molecule has 0 saturated carbocycles. The molecule has 2 aromatic carbocycles. The van der Waals surface area contributed by atoms with E-state index in [1.165, 1.54) is 24.2 Å². The average molecular weight is 368 g/mol. The third-order valence-corrected chi connectivity index (χ3v) is 4.07. The van der Waals surface area contributed by atoms with Crippen molar-refractivity contribution in [2.24, 2.45) is 0 Å². The molecule has 1 heterocycles. The van der Waals surface area contributed by atoms with Gasteiger partial charge >= 0.3 is 6.18 Å². The minimum Gasteiger partial charge on any atom is -0.355 e. The lowest BCUT2D eigenvalue weighted by Crippen LogP contribution is -2.26. The predicted octanol–water partition coefficient (Wildman–Crippen LogP) is 3.88. The molecule has 26 heavy (non-hydrogen) atoms. The molecule has 0 radical (unpaired) electrons. The van der Waals surface area contributed by atoms with Gasteiger partial charge in [-0.1, -0.05) is 6.07 Å². The highest BCUT2D eigenvalue weighted by atomic mass is 19.4. The van der Waals surface area contributed by atoms with Crippen LogP contribution in [0, 0.1) is 5.82 Å². The molecule has 0 unspecified atom stereocenters. The molecule has 0 aromatic heterocycles. The van der Waals surface area contributed by atoms with Gasteiger partial charge in [-0.25, -0.2) is 4.39 Å². The number of rotatable bonds is 1. The number of hydrogen-bond acceptors (Lipinski definition) is 2. The third kappa shape index (κ3) is 5.29. The molecule has 1 amide bonds. The second-order valence-corrected chi connectivity index (χ2v) is 6.06. The lowest BCUT2D eigenvalue weighted by Gasteiger charge is -2.24. The van der Waals surface area contributed by atoms with Crippen molar-refractivity contribution in [2.45, 2.75) is 19.1 Å². The van der Waals surface area contributed by atoms with Crippen molar-refractivity contribution in [2.75, 3.05) is 20.6 Å². The van der Waals surface area contributed by atoms with E-state index in [-0.39, 0.29) is 11.4 Å². The molecule has 1 aliphatic rings. The molecule has 140 valence electrons. The Hall–Kier alpha value is -2.41. The second kappa shape index (κ2) is 8.31. The van der Waals surface area contributed by atoms with Crippen LogP contribution >= 0.6 is 0 Å². The molecule has 1 aliphatic heterocycles. The van der Waals surface area contributed by atoms with Gasteiger partial charge in [0.25, 0.3) is 5.91 Å². The van der Waals surface area contributed by atoms with Gasteiger partial charge < -0.3 is 10.2 Å². The van der Waals surface area contributed by atoms with Crippen LogP contribution in [0.1, 0.15) is 27.0 Å². The molecule has 0 atom stereocenters. The van der Waals surface area contributed by atoms with Crippen molar-refractivity contribution < 1.29 is 22.4 Å². The number of carbonyl (C=O) groups is 1. The number of benzene rings is 2. The van der Waals surface area contributed by atoms with Crippen molar-refractivity contribution in [3.63, 3.8) is 0 Å².